The van der Waals surface area contributed by atoms with E-state index >= 15 is 0 Å². The number of hydrogen-bond donors (Lipinski definition) is 0. The van der Waals surface area contributed by atoms with E-state index in [-0.39, 0.29) is 0 Å². The van der Waals surface area contributed by atoms with Crippen molar-refractivity contribution in [2.75, 3.05) is 0 Å². The molecule has 1 aromatic carbocycles. The lowest BCUT2D eigenvalue weighted by molar-refractivity contribution is 0.800. The van der Waals surface area contributed by atoms with E-state index in [0.29, 0.717) is 0 Å². The van der Waals surface area contributed by atoms with E-state index in [1.54, 1.807) is 16.7 Å². The van der Waals surface area contributed by atoms with Crippen molar-refractivity contribution < 1.29 is 0 Å². The van der Waals surface area contributed by atoms with Crippen LogP contribution in [0.5, 0.6) is 0 Å². The summed E-state index contributed by atoms with van der Waals surface area (Å²) < 4.78 is 0. The van der Waals surface area contributed by atoms with Gasteiger partial charge in [0, 0.05) is 0 Å². The highest BCUT2D eigenvalue weighted by atomic mass is 14.1. The van der Waals surface area contributed by atoms with Gasteiger partial charge in [-0.3, -0.25) is 0 Å². The molecule has 0 heteroatoms. The molecule has 0 spiro atoms. The van der Waals surface area contributed by atoms with Crippen LogP contribution < -0.4 is 0 Å². The van der Waals surface area contributed by atoms with E-state index < -0.39 is 0 Å². The minimum atomic E-state index is 1.13. The topological polar surface area (TPSA) is 0 Å². The Bertz CT molecular complexity index is 336. The van der Waals surface area contributed by atoms with E-state index in [1.807, 2.05) is 6.08 Å². The van der Waals surface area contributed by atoms with Crippen molar-refractivity contribution in [2.45, 2.75) is 58.8 Å². The van der Waals surface area contributed by atoms with Gasteiger partial charge in [-0.1, -0.05) is 51.0 Å². The Labute approximate surface area is 107 Å². The first kappa shape index (κ1) is 14.0. The number of rotatable bonds is 8. The summed E-state index contributed by atoms with van der Waals surface area (Å²) in [5.74, 6) is 0. The maximum atomic E-state index is 3.80. The molecule has 0 N–H and O–H groups in total. The second-order valence-corrected chi connectivity index (χ2v) is 4.74. The van der Waals surface area contributed by atoms with Crippen LogP contribution in [0.1, 0.15) is 56.2 Å². The van der Waals surface area contributed by atoms with Crippen molar-refractivity contribution >= 4 is 0 Å². The van der Waals surface area contributed by atoms with Gasteiger partial charge in [-0.2, -0.15) is 0 Å². The van der Waals surface area contributed by atoms with Gasteiger partial charge in [0.2, 0.25) is 0 Å². The molecular weight excluding hydrogens is 204 g/mol. The van der Waals surface area contributed by atoms with Gasteiger partial charge in [-0.15, -0.1) is 6.58 Å². The van der Waals surface area contributed by atoms with E-state index in [0.717, 1.165) is 6.42 Å². The summed E-state index contributed by atoms with van der Waals surface area (Å²) >= 11 is 0. The van der Waals surface area contributed by atoms with E-state index in [1.165, 1.54) is 38.5 Å². The molecule has 0 amide bonds. The van der Waals surface area contributed by atoms with Crippen LogP contribution in [0.3, 0.4) is 0 Å². The van der Waals surface area contributed by atoms with Crippen LogP contribution in [-0.4, -0.2) is 0 Å². The molecular formula is C17H26. The Morgan fingerprint density at radius 3 is 2.24 bits per heavy atom. The molecule has 0 bridgehead atoms. The Kier molecular flexibility index (Phi) is 6.69. The van der Waals surface area contributed by atoms with Gasteiger partial charge in [0.15, 0.2) is 0 Å². The van der Waals surface area contributed by atoms with Crippen molar-refractivity contribution in [2.24, 2.45) is 0 Å². The summed E-state index contributed by atoms with van der Waals surface area (Å²) in [5, 5.41) is 0. The smallest absolute Gasteiger partial charge is 0.0273 e. The number of benzene rings is 1. The van der Waals surface area contributed by atoms with E-state index in [9.17, 15) is 0 Å². The van der Waals surface area contributed by atoms with Crippen LogP contribution in [-0.2, 0) is 19.3 Å². The van der Waals surface area contributed by atoms with Crippen LogP contribution >= 0.6 is 0 Å². The predicted octanol–water partition coefficient (Wildman–Crippen LogP) is 5.10. The summed E-state index contributed by atoms with van der Waals surface area (Å²) in [6.07, 6.45) is 10.5. The minimum absolute atomic E-state index is 1.13. The molecule has 1 rings (SSSR count). The average molecular weight is 230 g/mol. The van der Waals surface area contributed by atoms with Gasteiger partial charge in [0.05, 0.1) is 0 Å². The van der Waals surface area contributed by atoms with Crippen LogP contribution in [0, 0.1) is 0 Å². The average Bonchev–Trinajstić information content (AvgIpc) is 2.33. The lowest BCUT2D eigenvalue weighted by Crippen LogP contribution is -2.00. The maximum Gasteiger partial charge on any atom is -0.0273 e. The molecule has 0 aliphatic carbocycles. The normalized spacial score (nSPS) is 10.5. The first-order chi connectivity index (χ1) is 8.33. The van der Waals surface area contributed by atoms with E-state index in [4.69, 9.17) is 0 Å². The Balaban J connectivity index is 2.84. The third-order valence-electron chi connectivity index (χ3n) is 3.24. The van der Waals surface area contributed by atoms with Crippen molar-refractivity contribution in [1.82, 2.24) is 0 Å². The molecule has 0 aromatic heterocycles. The highest BCUT2D eigenvalue weighted by Crippen LogP contribution is 2.20. The van der Waals surface area contributed by atoms with Gasteiger partial charge in [-0.05, 0) is 48.8 Å². The van der Waals surface area contributed by atoms with Crippen LogP contribution in [0.4, 0.5) is 0 Å². The summed E-state index contributed by atoms with van der Waals surface area (Å²) in [4.78, 5) is 0. The summed E-state index contributed by atoms with van der Waals surface area (Å²) in [7, 11) is 0. The quantitative estimate of drug-likeness (QED) is 0.430. The van der Waals surface area contributed by atoms with E-state index in [2.05, 4.69) is 38.6 Å². The highest BCUT2D eigenvalue weighted by Gasteiger charge is 2.06. The number of hydrogen-bond acceptors (Lipinski definition) is 0. The van der Waals surface area contributed by atoms with Gasteiger partial charge >= 0.3 is 0 Å². The number of allylic oxidation sites excluding steroid dienone is 1. The van der Waals surface area contributed by atoms with Crippen LogP contribution in [0.2, 0.25) is 0 Å². The molecule has 1 aromatic rings. The Morgan fingerprint density at radius 2 is 1.65 bits per heavy atom. The number of aryl methyl sites for hydroxylation is 2. The first-order valence-electron chi connectivity index (χ1n) is 7.04. The van der Waals surface area contributed by atoms with Gasteiger partial charge < -0.3 is 0 Å². The minimum Gasteiger partial charge on any atom is -0.103 e. The second kappa shape index (κ2) is 8.11. The van der Waals surface area contributed by atoms with Gasteiger partial charge in [0.25, 0.3) is 0 Å². The number of unbranched alkanes of at least 4 members (excludes halogenated alkanes) is 1. The lowest BCUT2D eigenvalue weighted by atomic mass is 9.92. The zero-order chi connectivity index (χ0) is 12.5. The molecule has 0 heterocycles. The fraction of sp³-hybridized carbons (Fsp3) is 0.529. The zero-order valence-corrected chi connectivity index (χ0v) is 11.5. The molecule has 94 valence electrons. The molecule has 0 fully saturated rings. The van der Waals surface area contributed by atoms with Gasteiger partial charge in [0.1, 0.15) is 0 Å². The predicted molar refractivity (Wildman–Crippen MR) is 77.6 cm³/mol. The van der Waals surface area contributed by atoms with Crippen LogP contribution in [0.15, 0.2) is 30.9 Å². The maximum absolute atomic E-state index is 3.80. The van der Waals surface area contributed by atoms with Crippen LogP contribution in [0.25, 0.3) is 0 Å². The first-order valence-corrected chi connectivity index (χ1v) is 7.04. The van der Waals surface area contributed by atoms with Crippen molar-refractivity contribution in [3.05, 3.63) is 47.5 Å². The SMILES string of the molecule is C=CCCCc1cccc(CCC)c1CCC. The Hall–Kier alpha value is -1.04. The molecule has 0 saturated heterocycles. The largest absolute Gasteiger partial charge is 0.103 e. The highest BCUT2D eigenvalue weighted by molar-refractivity contribution is 5.35. The van der Waals surface area contributed by atoms with Crippen molar-refractivity contribution in [1.29, 1.82) is 0 Å². The summed E-state index contributed by atoms with van der Waals surface area (Å²) in [6.45, 7) is 8.34. The lowest BCUT2D eigenvalue weighted by Gasteiger charge is -2.14. The second-order valence-electron chi connectivity index (χ2n) is 4.74. The van der Waals surface area contributed by atoms with Crippen molar-refractivity contribution in [3.8, 4) is 0 Å². The zero-order valence-electron chi connectivity index (χ0n) is 11.5. The monoisotopic (exact) mass is 230 g/mol. The molecule has 17 heavy (non-hydrogen) atoms. The summed E-state index contributed by atoms with van der Waals surface area (Å²) in [5.41, 5.74) is 4.77. The molecule has 0 atom stereocenters. The summed E-state index contributed by atoms with van der Waals surface area (Å²) in [6, 6.07) is 6.85. The fourth-order valence-electron chi connectivity index (χ4n) is 2.43. The van der Waals surface area contributed by atoms with Gasteiger partial charge in [-0.25, -0.2) is 0 Å². The van der Waals surface area contributed by atoms with Crippen molar-refractivity contribution in [3.63, 3.8) is 0 Å². The third-order valence-corrected chi connectivity index (χ3v) is 3.24. The molecule has 0 aliphatic rings. The molecule has 0 unspecified atom stereocenters. The molecule has 0 saturated carbocycles. The Morgan fingerprint density at radius 1 is 1.00 bits per heavy atom. The fourth-order valence-corrected chi connectivity index (χ4v) is 2.43. The molecule has 0 nitrogen and oxygen atoms in total. The molecule has 0 radical (unpaired) electrons. The third kappa shape index (κ3) is 4.38. The standard InChI is InChI=1S/C17H26/c1-4-7-8-12-16-14-9-13-15(10-5-2)17(16)11-6-3/h4,9,13-14H,1,5-8,10-12H2,2-3H3. The molecule has 0 aliphatic heterocycles.